The molecule has 2 fully saturated rings. The number of halogens is 1. The summed E-state index contributed by atoms with van der Waals surface area (Å²) >= 11 is 0. The highest BCUT2D eigenvalue weighted by molar-refractivity contribution is 5.68. The first-order valence-electron chi connectivity index (χ1n) is 9.53. The maximum atomic E-state index is 14.8. The monoisotopic (exact) mass is 365 g/mol. The molecular weight excluding hydrogens is 341 g/mol. The van der Waals surface area contributed by atoms with Crippen LogP contribution in [0.25, 0.3) is 11.3 Å². The molecule has 27 heavy (non-hydrogen) atoms. The van der Waals surface area contributed by atoms with Crippen LogP contribution in [0.4, 0.5) is 10.2 Å². The lowest BCUT2D eigenvalue weighted by atomic mass is 9.83. The molecule has 1 heterocycles. The summed E-state index contributed by atoms with van der Waals surface area (Å²) < 4.78 is 14.8. The molecule has 2 saturated carbocycles. The lowest BCUT2D eigenvalue weighted by Crippen LogP contribution is -2.46. The van der Waals surface area contributed by atoms with E-state index in [1.54, 1.807) is 19.1 Å². The highest BCUT2D eigenvalue weighted by Gasteiger charge is 2.44. The number of rotatable bonds is 3. The molecule has 1 aromatic carbocycles. The van der Waals surface area contributed by atoms with E-state index in [1.807, 2.05) is 30.1 Å². The average Bonchev–Trinajstić information content (AvgIpc) is 3.08. The smallest absolute Gasteiger partial charge is 0.151 e. The molecule has 2 aromatic rings. The first-order valence-corrected chi connectivity index (χ1v) is 9.53. The number of nitrogens with zero attached hydrogens (tertiary/aromatic N) is 3. The van der Waals surface area contributed by atoms with Crippen LogP contribution in [0.2, 0.25) is 0 Å². The Morgan fingerprint density at radius 1 is 1.15 bits per heavy atom. The van der Waals surface area contributed by atoms with Crippen LogP contribution in [-0.2, 0) is 0 Å². The van der Waals surface area contributed by atoms with Gasteiger partial charge in [-0.15, -0.1) is 16.1 Å². The van der Waals surface area contributed by atoms with E-state index in [0.29, 0.717) is 23.0 Å². The molecule has 4 rings (SSSR count). The molecule has 0 unspecified atom stereocenters. The number of hydrogen-bond donors (Lipinski definition) is 1. The molecule has 1 N–H and O–H groups in total. The molecule has 4 nitrogen and oxygen atoms in total. The van der Waals surface area contributed by atoms with Crippen molar-refractivity contribution < 1.29 is 9.50 Å². The van der Waals surface area contributed by atoms with Crippen molar-refractivity contribution in [2.45, 2.75) is 44.8 Å². The van der Waals surface area contributed by atoms with E-state index in [1.165, 1.54) is 0 Å². The zero-order valence-electron chi connectivity index (χ0n) is 15.7. The number of benzene rings is 1. The number of anilines is 1. The summed E-state index contributed by atoms with van der Waals surface area (Å²) in [6, 6.07) is 8.81. The van der Waals surface area contributed by atoms with Crippen LogP contribution in [0.5, 0.6) is 5.75 Å². The minimum atomic E-state index is -0.800. The van der Waals surface area contributed by atoms with Crippen molar-refractivity contribution in [1.29, 1.82) is 0 Å². The van der Waals surface area contributed by atoms with Crippen LogP contribution in [0.1, 0.15) is 38.2 Å². The van der Waals surface area contributed by atoms with E-state index in [4.69, 9.17) is 0 Å². The van der Waals surface area contributed by atoms with Crippen LogP contribution in [0.3, 0.4) is 0 Å². The van der Waals surface area contributed by atoms with Crippen molar-refractivity contribution in [3.8, 4) is 28.8 Å². The van der Waals surface area contributed by atoms with Crippen LogP contribution in [0.15, 0.2) is 30.3 Å². The highest BCUT2D eigenvalue weighted by atomic mass is 19.1. The summed E-state index contributed by atoms with van der Waals surface area (Å²) in [4.78, 5) is 1.94. The number of alkyl halides is 1. The van der Waals surface area contributed by atoms with Gasteiger partial charge in [0.25, 0.3) is 0 Å². The van der Waals surface area contributed by atoms with Gasteiger partial charge in [-0.3, -0.25) is 0 Å². The molecule has 5 heteroatoms. The van der Waals surface area contributed by atoms with Gasteiger partial charge in [0.2, 0.25) is 0 Å². The third-order valence-corrected chi connectivity index (χ3v) is 6.03. The molecule has 0 aliphatic heterocycles. The van der Waals surface area contributed by atoms with Crippen molar-refractivity contribution in [3.05, 3.63) is 35.9 Å². The van der Waals surface area contributed by atoms with Gasteiger partial charge in [-0.2, -0.15) is 0 Å². The normalized spacial score (nSPS) is 26.3. The zero-order chi connectivity index (χ0) is 19.0. The van der Waals surface area contributed by atoms with Gasteiger partial charge in [0.1, 0.15) is 11.9 Å². The summed E-state index contributed by atoms with van der Waals surface area (Å²) in [5.74, 6) is 7.36. The van der Waals surface area contributed by atoms with Crippen LogP contribution in [-0.4, -0.2) is 34.6 Å². The Morgan fingerprint density at radius 2 is 2.00 bits per heavy atom. The van der Waals surface area contributed by atoms with Gasteiger partial charge in [-0.05, 0) is 74.8 Å². The summed E-state index contributed by atoms with van der Waals surface area (Å²) in [5.41, 5.74) is 1.95. The third-order valence-electron chi connectivity index (χ3n) is 6.03. The van der Waals surface area contributed by atoms with Gasteiger partial charge >= 0.3 is 0 Å². The van der Waals surface area contributed by atoms with Crippen LogP contribution in [0, 0.1) is 23.7 Å². The van der Waals surface area contributed by atoms with Gasteiger partial charge in [0, 0.05) is 18.2 Å². The van der Waals surface area contributed by atoms with Gasteiger partial charge in [-0.1, -0.05) is 5.92 Å². The molecule has 0 radical (unpaired) electrons. The molecule has 2 aliphatic carbocycles. The predicted octanol–water partition coefficient (Wildman–Crippen LogP) is 4.18. The SMILES string of the molecule is CC#Cc1ccc(-c2ccc(N(C)[C@H]3C[C@@H]4CC[C@@H](C4)[C@H]3F)nn2)c(O)c1. The van der Waals surface area contributed by atoms with E-state index < -0.39 is 6.17 Å². The summed E-state index contributed by atoms with van der Waals surface area (Å²) in [5, 5.41) is 18.8. The predicted molar refractivity (Wildman–Crippen MR) is 104 cm³/mol. The number of hydrogen-bond acceptors (Lipinski definition) is 4. The molecule has 0 amide bonds. The Balaban J connectivity index is 1.54. The summed E-state index contributed by atoms with van der Waals surface area (Å²) in [7, 11) is 1.90. The van der Waals surface area contributed by atoms with Crippen molar-refractivity contribution in [2.24, 2.45) is 11.8 Å². The van der Waals surface area contributed by atoms with E-state index in [0.717, 1.165) is 31.2 Å². The minimum Gasteiger partial charge on any atom is -0.507 e. The lowest BCUT2D eigenvalue weighted by molar-refractivity contribution is 0.144. The molecule has 0 spiro atoms. The first-order chi connectivity index (χ1) is 13.1. The number of aromatic hydroxyl groups is 1. The highest BCUT2D eigenvalue weighted by Crippen LogP contribution is 2.45. The molecular formula is C22H24FN3O. The Hall–Kier alpha value is -2.61. The third kappa shape index (κ3) is 3.37. The van der Waals surface area contributed by atoms with Crippen molar-refractivity contribution in [1.82, 2.24) is 10.2 Å². The van der Waals surface area contributed by atoms with Gasteiger partial charge < -0.3 is 10.0 Å². The second kappa shape index (κ2) is 7.19. The number of aromatic nitrogens is 2. The van der Waals surface area contributed by atoms with E-state index in [9.17, 15) is 9.50 Å². The fourth-order valence-corrected chi connectivity index (χ4v) is 4.57. The first kappa shape index (κ1) is 17.8. The molecule has 2 aliphatic rings. The fourth-order valence-electron chi connectivity index (χ4n) is 4.57. The molecule has 140 valence electrons. The topological polar surface area (TPSA) is 49.2 Å². The maximum absolute atomic E-state index is 14.8. The second-order valence-electron chi connectivity index (χ2n) is 7.68. The van der Waals surface area contributed by atoms with E-state index in [-0.39, 0.29) is 17.7 Å². The largest absolute Gasteiger partial charge is 0.507 e. The van der Waals surface area contributed by atoms with Crippen molar-refractivity contribution in [3.63, 3.8) is 0 Å². The molecule has 1 aromatic heterocycles. The van der Waals surface area contributed by atoms with Crippen LogP contribution < -0.4 is 4.90 Å². The summed E-state index contributed by atoms with van der Waals surface area (Å²) in [6.07, 6.45) is 3.29. The lowest BCUT2D eigenvalue weighted by Gasteiger charge is -2.38. The van der Waals surface area contributed by atoms with Gasteiger partial charge in [0.15, 0.2) is 5.82 Å². The minimum absolute atomic E-state index is 0.123. The van der Waals surface area contributed by atoms with Gasteiger partial charge in [0.05, 0.1) is 11.7 Å². The van der Waals surface area contributed by atoms with Crippen LogP contribution >= 0.6 is 0 Å². The zero-order valence-corrected chi connectivity index (χ0v) is 15.7. The van der Waals surface area contributed by atoms with Crippen molar-refractivity contribution in [2.75, 3.05) is 11.9 Å². The number of fused-ring (bicyclic) bond motifs is 2. The Morgan fingerprint density at radius 3 is 2.70 bits per heavy atom. The number of phenols is 1. The quantitative estimate of drug-likeness (QED) is 0.829. The Bertz CT molecular complexity index is 887. The Kier molecular flexibility index (Phi) is 4.73. The standard InChI is InChI=1S/C22H24FN3O/c1-3-4-14-6-8-17(20(27)13-14)18-9-10-21(25-24-18)26(2)19-12-15-5-7-16(11-15)22(19)23/h6,8-10,13,15-16,19,22,27H,5,7,11-12H2,1-2H3/t15-,16+,19+,22-/m1/s1. The molecule has 4 atom stereocenters. The average molecular weight is 365 g/mol. The molecule has 0 saturated heterocycles. The maximum Gasteiger partial charge on any atom is 0.151 e. The molecule has 2 bridgehead atoms. The van der Waals surface area contributed by atoms with E-state index in [2.05, 4.69) is 22.0 Å². The summed E-state index contributed by atoms with van der Waals surface area (Å²) in [6.45, 7) is 1.76. The Labute approximate surface area is 159 Å². The van der Waals surface area contributed by atoms with Gasteiger partial charge in [-0.25, -0.2) is 4.39 Å². The second-order valence-corrected chi connectivity index (χ2v) is 7.68. The van der Waals surface area contributed by atoms with E-state index >= 15 is 0 Å². The fraction of sp³-hybridized carbons (Fsp3) is 0.455. The van der Waals surface area contributed by atoms with Crippen molar-refractivity contribution >= 4 is 5.82 Å². The number of phenolic OH excluding ortho intramolecular Hbond substituents is 1.